The van der Waals surface area contributed by atoms with Gasteiger partial charge in [-0.3, -0.25) is 4.79 Å². The number of hydrogen-bond donors (Lipinski definition) is 1. The lowest BCUT2D eigenvalue weighted by Gasteiger charge is -2.32. The maximum atomic E-state index is 12.9. The van der Waals surface area contributed by atoms with Crippen molar-refractivity contribution < 1.29 is 4.79 Å². The second kappa shape index (κ2) is 5.98. The van der Waals surface area contributed by atoms with Gasteiger partial charge in [-0.1, -0.05) is 24.3 Å². The van der Waals surface area contributed by atoms with E-state index < -0.39 is 0 Å². The lowest BCUT2D eigenvalue weighted by Crippen LogP contribution is -2.40. The van der Waals surface area contributed by atoms with Gasteiger partial charge >= 0.3 is 0 Å². The average Bonchev–Trinajstić information content (AvgIpc) is 3.01. The lowest BCUT2D eigenvalue weighted by molar-refractivity contribution is -0.138. The topological polar surface area (TPSA) is 32.3 Å². The van der Waals surface area contributed by atoms with E-state index in [0.29, 0.717) is 18.0 Å². The number of fused-ring (bicyclic) bond motifs is 1. The molecule has 0 spiro atoms. The molecule has 1 saturated carbocycles. The Kier molecular flexibility index (Phi) is 4.23. The van der Waals surface area contributed by atoms with Gasteiger partial charge in [-0.15, -0.1) is 12.4 Å². The third-order valence-electron chi connectivity index (χ3n) is 5.04. The van der Waals surface area contributed by atoms with Gasteiger partial charge in [-0.25, -0.2) is 0 Å². The highest BCUT2D eigenvalue weighted by Gasteiger charge is 2.42. The van der Waals surface area contributed by atoms with Gasteiger partial charge in [-0.05, 0) is 49.8 Å². The minimum absolute atomic E-state index is 0. The lowest BCUT2D eigenvalue weighted by atomic mass is 10.0. The van der Waals surface area contributed by atoms with E-state index in [2.05, 4.69) is 34.5 Å². The van der Waals surface area contributed by atoms with Crippen LogP contribution in [-0.2, 0) is 11.2 Å². The summed E-state index contributed by atoms with van der Waals surface area (Å²) >= 11 is 0. The fraction of sp³-hybridized carbons (Fsp3) is 0.588. The van der Waals surface area contributed by atoms with Crippen LogP contribution in [0.2, 0.25) is 0 Å². The molecule has 3 aliphatic rings. The Bertz CT molecular complexity index is 523. The van der Waals surface area contributed by atoms with Crippen LogP contribution < -0.4 is 5.32 Å². The van der Waals surface area contributed by atoms with E-state index >= 15 is 0 Å². The van der Waals surface area contributed by atoms with Crippen LogP contribution in [0.4, 0.5) is 0 Å². The van der Waals surface area contributed by atoms with Crippen molar-refractivity contribution in [1.82, 2.24) is 10.2 Å². The highest BCUT2D eigenvalue weighted by Crippen LogP contribution is 2.42. The van der Waals surface area contributed by atoms with Crippen molar-refractivity contribution in [3.8, 4) is 0 Å². The molecular weight excluding hydrogens is 284 g/mol. The molecule has 2 unspecified atom stereocenters. The summed E-state index contributed by atoms with van der Waals surface area (Å²) in [7, 11) is 0. The first-order chi connectivity index (χ1) is 9.84. The standard InChI is InChI=1S/C17H22N2O.ClH/c20-17(13-9-10-18-11-13)19(14-6-7-14)16-8-5-12-3-1-2-4-15(12)16;/h1-4,13-14,16,18H,5-11H2;1H. The zero-order chi connectivity index (χ0) is 13.5. The van der Waals surface area contributed by atoms with Gasteiger partial charge in [0, 0.05) is 12.6 Å². The molecule has 4 rings (SSSR count). The molecule has 1 aliphatic heterocycles. The van der Waals surface area contributed by atoms with Crippen molar-refractivity contribution in [2.45, 2.75) is 44.2 Å². The smallest absolute Gasteiger partial charge is 0.227 e. The minimum atomic E-state index is 0. The van der Waals surface area contributed by atoms with E-state index in [1.54, 1.807) is 0 Å². The maximum absolute atomic E-state index is 12.9. The summed E-state index contributed by atoms with van der Waals surface area (Å²) < 4.78 is 0. The number of halogens is 1. The van der Waals surface area contributed by atoms with Crippen molar-refractivity contribution in [3.63, 3.8) is 0 Å². The molecule has 1 N–H and O–H groups in total. The predicted octanol–water partition coefficient (Wildman–Crippen LogP) is 2.70. The van der Waals surface area contributed by atoms with E-state index in [1.807, 2.05) is 0 Å². The summed E-state index contributed by atoms with van der Waals surface area (Å²) in [4.78, 5) is 15.2. The van der Waals surface area contributed by atoms with E-state index in [-0.39, 0.29) is 18.3 Å². The zero-order valence-electron chi connectivity index (χ0n) is 12.3. The molecule has 0 bridgehead atoms. The molecule has 2 fully saturated rings. The molecule has 2 aliphatic carbocycles. The largest absolute Gasteiger partial charge is 0.332 e. The van der Waals surface area contributed by atoms with E-state index in [9.17, 15) is 4.79 Å². The minimum Gasteiger partial charge on any atom is -0.332 e. The summed E-state index contributed by atoms with van der Waals surface area (Å²) in [6.45, 7) is 1.87. The molecule has 1 amide bonds. The Morgan fingerprint density at radius 1 is 1.14 bits per heavy atom. The number of amides is 1. The van der Waals surface area contributed by atoms with Crippen molar-refractivity contribution in [2.75, 3.05) is 13.1 Å². The van der Waals surface area contributed by atoms with Crippen LogP contribution in [0.1, 0.15) is 42.9 Å². The maximum Gasteiger partial charge on any atom is 0.227 e. The van der Waals surface area contributed by atoms with E-state index in [4.69, 9.17) is 0 Å². The Morgan fingerprint density at radius 3 is 2.67 bits per heavy atom. The quantitative estimate of drug-likeness (QED) is 0.931. The number of nitrogens with zero attached hydrogens (tertiary/aromatic N) is 1. The molecule has 21 heavy (non-hydrogen) atoms. The second-order valence-corrected chi connectivity index (χ2v) is 6.42. The molecule has 1 saturated heterocycles. The summed E-state index contributed by atoms with van der Waals surface area (Å²) in [6, 6.07) is 9.53. The van der Waals surface area contributed by atoms with Gasteiger partial charge in [0.05, 0.1) is 12.0 Å². The molecule has 0 radical (unpaired) electrons. The number of carbonyl (C=O) groups excluding carboxylic acids is 1. The summed E-state index contributed by atoms with van der Waals surface area (Å²) in [5, 5.41) is 3.33. The predicted molar refractivity (Wildman–Crippen MR) is 85.6 cm³/mol. The van der Waals surface area contributed by atoms with Crippen LogP contribution >= 0.6 is 12.4 Å². The number of carbonyl (C=O) groups is 1. The van der Waals surface area contributed by atoms with Crippen molar-refractivity contribution in [1.29, 1.82) is 0 Å². The number of benzene rings is 1. The summed E-state index contributed by atoms with van der Waals surface area (Å²) in [5.41, 5.74) is 2.85. The van der Waals surface area contributed by atoms with E-state index in [0.717, 1.165) is 32.4 Å². The molecule has 3 nitrogen and oxygen atoms in total. The van der Waals surface area contributed by atoms with Gasteiger partial charge in [0.25, 0.3) is 0 Å². The highest BCUT2D eigenvalue weighted by molar-refractivity contribution is 5.85. The highest BCUT2D eigenvalue weighted by atomic mass is 35.5. The number of nitrogens with one attached hydrogen (secondary N) is 1. The number of aryl methyl sites for hydroxylation is 1. The first kappa shape index (κ1) is 14.9. The summed E-state index contributed by atoms with van der Waals surface area (Å²) in [5.74, 6) is 0.613. The van der Waals surface area contributed by atoms with E-state index in [1.165, 1.54) is 24.0 Å². The van der Waals surface area contributed by atoms with Gasteiger partial charge in [0.1, 0.15) is 0 Å². The Hall–Kier alpha value is -1.06. The Labute approximate surface area is 132 Å². The molecular formula is C17H23ClN2O. The van der Waals surface area contributed by atoms with Crippen molar-refractivity contribution in [3.05, 3.63) is 35.4 Å². The first-order valence-electron chi connectivity index (χ1n) is 7.95. The molecule has 1 aromatic carbocycles. The van der Waals surface area contributed by atoms with Gasteiger partial charge < -0.3 is 10.2 Å². The molecule has 1 aromatic rings. The van der Waals surface area contributed by atoms with Crippen LogP contribution in [0.15, 0.2) is 24.3 Å². The third kappa shape index (κ3) is 2.69. The zero-order valence-corrected chi connectivity index (χ0v) is 13.1. The molecule has 0 aromatic heterocycles. The number of rotatable bonds is 3. The van der Waals surface area contributed by atoms with Gasteiger partial charge in [0.15, 0.2) is 0 Å². The average molecular weight is 307 g/mol. The van der Waals surface area contributed by atoms with Crippen LogP contribution in [0.3, 0.4) is 0 Å². The van der Waals surface area contributed by atoms with Crippen LogP contribution in [0, 0.1) is 5.92 Å². The molecule has 2 atom stereocenters. The normalized spacial score (nSPS) is 27.0. The van der Waals surface area contributed by atoms with Crippen molar-refractivity contribution >= 4 is 18.3 Å². The van der Waals surface area contributed by atoms with Gasteiger partial charge in [-0.2, -0.15) is 0 Å². The fourth-order valence-corrected chi connectivity index (χ4v) is 3.84. The Balaban J connectivity index is 0.00000132. The fourth-order valence-electron chi connectivity index (χ4n) is 3.84. The summed E-state index contributed by atoms with van der Waals surface area (Å²) in [6.07, 6.45) is 5.65. The SMILES string of the molecule is Cl.O=C(C1CCNC1)N(C1CC1)C1CCc2ccccc21. The monoisotopic (exact) mass is 306 g/mol. The van der Waals surface area contributed by atoms with Crippen LogP contribution in [0.5, 0.6) is 0 Å². The second-order valence-electron chi connectivity index (χ2n) is 6.42. The molecule has 114 valence electrons. The first-order valence-corrected chi connectivity index (χ1v) is 7.95. The Morgan fingerprint density at radius 2 is 1.95 bits per heavy atom. The molecule has 1 heterocycles. The van der Waals surface area contributed by atoms with Crippen LogP contribution in [-0.4, -0.2) is 29.9 Å². The van der Waals surface area contributed by atoms with Crippen LogP contribution in [0.25, 0.3) is 0 Å². The van der Waals surface area contributed by atoms with Gasteiger partial charge in [0.2, 0.25) is 5.91 Å². The third-order valence-corrected chi connectivity index (χ3v) is 5.04. The molecule has 4 heteroatoms. The number of hydrogen-bond acceptors (Lipinski definition) is 2. The van der Waals surface area contributed by atoms with Crippen molar-refractivity contribution in [2.24, 2.45) is 5.92 Å².